The monoisotopic (exact) mass is 222 g/mol. The van der Waals surface area contributed by atoms with Crippen molar-refractivity contribution in [1.29, 1.82) is 0 Å². The van der Waals surface area contributed by atoms with Crippen LogP contribution in [0.5, 0.6) is 0 Å². The number of rotatable bonds is 3. The Bertz CT molecular complexity index is 392. The molecular weight excluding hydrogens is 208 g/mol. The van der Waals surface area contributed by atoms with Crippen molar-refractivity contribution in [2.75, 3.05) is 6.61 Å². The van der Waals surface area contributed by atoms with Gasteiger partial charge in [0.2, 0.25) is 0 Å². The van der Waals surface area contributed by atoms with Gasteiger partial charge >= 0.3 is 5.97 Å². The Morgan fingerprint density at radius 3 is 3.19 bits per heavy atom. The molecule has 16 heavy (non-hydrogen) atoms. The summed E-state index contributed by atoms with van der Waals surface area (Å²) >= 11 is 0. The van der Waals surface area contributed by atoms with Crippen LogP contribution in [0.25, 0.3) is 6.08 Å². The molecule has 2 rings (SSSR count). The van der Waals surface area contributed by atoms with Crippen molar-refractivity contribution in [3.8, 4) is 0 Å². The molecule has 1 saturated heterocycles. The predicted octanol–water partition coefficient (Wildman–Crippen LogP) is 1.75. The van der Waals surface area contributed by atoms with Crippen LogP contribution in [0.4, 0.5) is 0 Å². The normalized spacial score (nSPS) is 21.4. The van der Waals surface area contributed by atoms with Crippen molar-refractivity contribution in [3.63, 3.8) is 0 Å². The molecule has 0 aliphatic carbocycles. The lowest BCUT2D eigenvalue weighted by atomic mass is 10.1. The van der Waals surface area contributed by atoms with E-state index in [1.165, 1.54) is 6.08 Å². The summed E-state index contributed by atoms with van der Waals surface area (Å²) in [6.45, 7) is 0.776. The number of carboxylic acid groups (broad SMARTS) is 1. The molecule has 0 saturated carbocycles. The van der Waals surface area contributed by atoms with Gasteiger partial charge in [-0.25, -0.2) is 4.79 Å². The third-order valence-corrected chi connectivity index (χ3v) is 2.53. The van der Waals surface area contributed by atoms with E-state index in [-0.39, 0.29) is 6.10 Å². The van der Waals surface area contributed by atoms with Crippen LogP contribution in [0.15, 0.2) is 12.1 Å². The molecule has 0 radical (unpaired) electrons. The molecule has 1 aliphatic heterocycles. The number of hydrogen-bond donors (Lipinski definition) is 2. The average molecular weight is 222 g/mol. The number of ether oxygens (including phenoxy) is 1. The molecule has 2 heterocycles. The fourth-order valence-electron chi connectivity index (χ4n) is 1.74. The first-order valence-corrected chi connectivity index (χ1v) is 5.33. The SMILES string of the molecule is O=C(O)/C=C\c1cc([C@@H]2CCCCO2)n[nH]1. The van der Waals surface area contributed by atoms with Crippen molar-refractivity contribution in [3.05, 3.63) is 23.5 Å². The topological polar surface area (TPSA) is 75.2 Å². The first kappa shape index (κ1) is 10.9. The second-order valence-corrected chi connectivity index (χ2v) is 3.77. The maximum atomic E-state index is 10.3. The number of aromatic nitrogens is 2. The van der Waals surface area contributed by atoms with Gasteiger partial charge < -0.3 is 9.84 Å². The van der Waals surface area contributed by atoms with Gasteiger partial charge in [-0.1, -0.05) is 0 Å². The molecule has 5 nitrogen and oxygen atoms in total. The van der Waals surface area contributed by atoms with E-state index < -0.39 is 5.97 Å². The standard InChI is InChI=1S/C11H14N2O3/c14-11(15)5-4-8-7-9(13-12-8)10-3-1-2-6-16-10/h4-5,7,10H,1-3,6H2,(H,12,13)(H,14,15)/b5-4-/t10-/m0/s1. The molecule has 1 aromatic rings. The molecule has 2 N–H and O–H groups in total. The summed E-state index contributed by atoms with van der Waals surface area (Å²) in [5, 5.41) is 15.4. The Morgan fingerprint density at radius 1 is 1.62 bits per heavy atom. The van der Waals surface area contributed by atoms with Gasteiger partial charge in [0.1, 0.15) is 6.10 Å². The van der Waals surface area contributed by atoms with Crippen molar-refractivity contribution < 1.29 is 14.6 Å². The lowest BCUT2D eigenvalue weighted by Gasteiger charge is -2.20. The molecule has 0 bridgehead atoms. The van der Waals surface area contributed by atoms with Crippen LogP contribution in [-0.2, 0) is 9.53 Å². The van der Waals surface area contributed by atoms with E-state index >= 15 is 0 Å². The lowest BCUT2D eigenvalue weighted by Crippen LogP contribution is -2.11. The van der Waals surface area contributed by atoms with E-state index in [0.717, 1.165) is 37.6 Å². The Kier molecular flexibility index (Phi) is 3.36. The molecule has 0 unspecified atom stereocenters. The van der Waals surface area contributed by atoms with E-state index in [4.69, 9.17) is 9.84 Å². The minimum atomic E-state index is -0.968. The largest absolute Gasteiger partial charge is 0.478 e. The third kappa shape index (κ3) is 2.70. The number of aromatic amines is 1. The van der Waals surface area contributed by atoms with Gasteiger partial charge in [0, 0.05) is 12.7 Å². The number of H-pyrrole nitrogens is 1. The number of nitrogens with one attached hydrogen (secondary N) is 1. The Balaban J connectivity index is 2.03. The van der Waals surface area contributed by atoms with Gasteiger partial charge in [0.05, 0.1) is 11.4 Å². The second-order valence-electron chi connectivity index (χ2n) is 3.77. The number of carbonyl (C=O) groups is 1. The smallest absolute Gasteiger partial charge is 0.328 e. The summed E-state index contributed by atoms with van der Waals surface area (Å²) in [5.41, 5.74) is 1.54. The number of carboxylic acids is 1. The summed E-state index contributed by atoms with van der Waals surface area (Å²) in [6, 6.07) is 1.83. The summed E-state index contributed by atoms with van der Waals surface area (Å²) in [4.78, 5) is 10.3. The van der Waals surface area contributed by atoms with Gasteiger partial charge in [0.25, 0.3) is 0 Å². The van der Waals surface area contributed by atoms with Gasteiger partial charge in [-0.2, -0.15) is 5.10 Å². The summed E-state index contributed by atoms with van der Waals surface area (Å²) in [7, 11) is 0. The van der Waals surface area contributed by atoms with Crippen molar-refractivity contribution in [2.45, 2.75) is 25.4 Å². The molecule has 1 aromatic heterocycles. The quantitative estimate of drug-likeness (QED) is 0.764. The molecule has 5 heteroatoms. The highest BCUT2D eigenvalue weighted by molar-refractivity contribution is 5.84. The zero-order valence-electron chi connectivity index (χ0n) is 8.85. The Labute approximate surface area is 93.1 Å². The minimum absolute atomic E-state index is 0.0528. The van der Waals surface area contributed by atoms with Crippen LogP contribution in [0.1, 0.15) is 36.8 Å². The zero-order chi connectivity index (χ0) is 11.4. The summed E-state index contributed by atoms with van der Waals surface area (Å²) in [5.74, 6) is -0.968. The number of nitrogens with zero attached hydrogens (tertiary/aromatic N) is 1. The zero-order valence-corrected chi connectivity index (χ0v) is 8.85. The fourth-order valence-corrected chi connectivity index (χ4v) is 1.74. The van der Waals surface area contributed by atoms with E-state index in [0.29, 0.717) is 5.69 Å². The third-order valence-electron chi connectivity index (χ3n) is 2.53. The van der Waals surface area contributed by atoms with E-state index in [2.05, 4.69) is 10.2 Å². The van der Waals surface area contributed by atoms with Crippen LogP contribution in [0, 0.1) is 0 Å². The van der Waals surface area contributed by atoms with Crippen LogP contribution in [-0.4, -0.2) is 27.9 Å². The summed E-state index contributed by atoms with van der Waals surface area (Å²) in [6.07, 6.45) is 5.86. The highest BCUT2D eigenvalue weighted by atomic mass is 16.5. The molecule has 86 valence electrons. The van der Waals surface area contributed by atoms with Crippen LogP contribution in [0.2, 0.25) is 0 Å². The van der Waals surface area contributed by atoms with E-state index in [9.17, 15) is 4.79 Å². The number of aliphatic carboxylic acids is 1. The molecule has 0 aromatic carbocycles. The molecule has 0 amide bonds. The first-order valence-electron chi connectivity index (χ1n) is 5.33. The summed E-state index contributed by atoms with van der Waals surface area (Å²) < 4.78 is 5.58. The minimum Gasteiger partial charge on any atom is -0.478 e. The Hall–Kier alpha value is -1.62. The first-order chi connectivity index (χ1) is 7.75. The van der Waals surface area contributed by atoms with Crippen LogP contribution >= 0.6 is 0 Å². The van der Waals surface area contributed by atoms with Gasteiger partial charge in [0.15, 0.2) is 0 Å². The van der Waals surface area contributed by atoms with Gasteiger partial charge in [-0.15, -0.1) is 0 Å². The second kappa shape index (κ2) is 4.94. The van der Waals surface area contributed by atoms with Crippen LogP contribution < -0.4 is 0 Å². The van der Waals surface area contributed by atoms with Crippen molar-refractivity contribution in [2.24, 2.45) is 0 Å². The fraction of sp³-hybridized carbons (Fsp3) is 0.455. The van der Waals surface area contributed by atoms with Gasteiger partial charge in [-0.3, -0.25) is 5.10 Å². The molecule has 1 aliphatic rings. The van der Waals surface area contributed by atoms with Crippen molar-refractivity contribution >= 4 is 12.0 Å². The number of hydrogen-bond acceptors (Lipinski definition) is 3. The molecule has 0 spiro atoms. The predicted molar refractivity (Wildman–Crippen MR) is 57.8 cm³/mol. The van der Waals surface area contributed by atoms with E-state index in [1.54, 1.807) is 0 Å². The molecule has 1 atom stereocenters. The maximum Gasteiger partial charge on any atom is 0.328 e. The highest BCUT2D eigenvalue weighted by Crippen LogP contribution is 2.26. The molecular formula is C11H14N2O3. The highest BCUT2D eigenvalue weighted by Gasteiger charge is 2.18. The Morgan fingerprint density at radius 2 is 2.50 bits per heavy atom. The van der Waals surface area contributed by atoms with E-state index in [1.807, 2.05) is 6.07 Å². The molecule has 1 fully saturated rings. The van der Waals surface area contributed by atoms with Crippen LogP contribution in [0.3, 0.4) is 0 Å². The maximum absolute atomic E-state index is 10.3. The van der Waals surface area contributed by atoms with Crippen molar-refractivity contribution in [1.82, 2.24) is 10.2 Å². The van der Waals surface area contributed by atoms with Gasteiger partial charge in [-0.05, 0) is 31.4 Å². The average Bonchev–Trinajstić information content (AvgIpc) is 2.76. The lowest BCUT2D eigenvalue weighted by molar-refractivity contribution is -0.131.